The SMILES string of the molecule is NCCc1ccc(-c2nc3c(F)c(F)ccc3[nH]2)cc1. The maximum atomic E-state index is 13.6. The second-order valence-corrected chi connectivity index (χ2v) is 4.58. The minimum atomic E-state index is -0.926. The van der Waals surface area contributed by atoms with Crippen LogP contribution in [0.15, 0.2) is 36.4 Å². The van der Waals surface area contributed by atoms with E-state index in [9.17, 15) is 8.78 Å². The van der Waals surface area contributed by atoms with Gasteiger partial charge in [0.05, 0.1) is 5.52 Å². The van der Waals surface area contributed by atoms with Crippen LogP contribution in [-0.2, 0) is 6.42 Å². The number of nitrogens with two attached hydrogens (primary N) is 1. The maximum Gasteiger partial charge on any atom is 0.186 e. The monoisotopic (exact) mass is 273 g/mol. The van der Waals surface area contributed by atoms with Gasteiger partial charge in [-0.2, -0.15) is 0 Å². The van der Waals surface area contributed by atoms with E-state index in [0.29, 0.717) is 17.9 Å². The Morgan fingerprint density at radius 1 is 1.05 bits per heavy atom. The van der Waals surface area contributed by atoms with Crippen LogP contribution in [0.25, 0.3) is 22.4 Å². The van der Waals surface area contributed by atoms with Gasteiger partial charge in [0.25, 0.3) is 0 Å². The Kier molecular flexibility index (Phi) is 3.20. The normalized spacial score (nSPS) is 11.2. The number of H-pyrrole nitrogens is 1. The topological polar surface area (TPSA) is 54.7 Å². The molecule has 102 valence electrons. The number of imidazole rings is 1. The molecular weight excluding hydrogens is 260 g/mol. The highest BCUT2D eigenvalue weighted by molar-refractivity contribution is 5.80. The Morgan fingerprint density at radius 3 is 2.50 bits per heavy atom. The van der Waals surface area contributed by atoms with Crippen molar-refractivity contribution in [1.82, 2.24) is 9.97 Å². The van der Waals surface area contributed by atoms with Gasteiger partial charge in [-0.3, -0.25) is 0 Å². The van der Waals surface area contributed by atoms with Crippen LogP contribution in [-0.4, -0.2) is 16.5 Å². The van der Waals surface area contributed by atoms with Crippen molar-refractivity contribution in [1.29, 1.82) is 0 Å². The summed E-state index contributed by atoms with van der Waals surface area (Å²) in [6, 6.07) is 10.2. The van der Waals surface area contributed by atoms with Crippen LogP contribution in [0.2, 0.25) is 0 Å². The minimum absolute atomic E-state index is 0.0195. The zero-order valence-electron chi connectivity index (χ0n) is 10.7. The number of halogens is 2. The summed E-state index contributed by atoms with van der Waals surface area (Å²) in [4.78, 5) is 7.11. The second-order valence-electron chi connectivity index (χ2n) is 4.58. The van der Waals surface area contributed by atoms with E-state index in [4.69, 9.17) is 5.73 Å². The smallest absolute Gasteiger partial charge is 0.186 e. The first-order valence-corrected chi connectivity index (χ1v) is 6.32. The molecule has 1 aromatic heterocycles. The van der Waals surface area contributed by atoms with Crippen molar-refractivity contribution in [2.24, 2.45) is 5.73 Å². The third-order valence-corrected chi connectivity index (χ3v) is 3.21. The van der Waals surface area contributed by atoms with E-state index in [1.54, 1.807) is 0 Å². The lowest BCUT2D eigenvalue weighted by Crippen LogP contribution is -2.02. The van der Waals surface area contributed by atoms with Gasteiger partial charge in [-0.1, -0.05) is 24.3 Å². The lowest BCUT2D eigenvalue weighted by atomic mass is 10.1. The highest BCUT2D eigenvalue weighted by atomic mass is 19.2. The van der Waals surface area contributed by atoms with E-state index in [1.165, 1.54) is 6.07 Å². The molecule has 0 saturated heterocycles. The minimum Gasteiger partial charge on any atom is -0.338 e. The molecule has 0 bridgehead atoms. The molecule has 0 atom stereocenters. The number of hydrogen-bond donors (Lipinski definition) is 2. The molecule has 3 N–H and O–H groups in total. The Hall–Kier alpha value is -2.27. The predicted molar refractivity (Wildman–Crippen MR) is 74.2 cm³/mol. The summed E-state index contributed by atoms with van der Waals surface area (Å²) in [6.45, 7) is 0.592. The second kappa shape index (κ2) is 5.02. The summed E-state index contributed by atoms with van der Waals surface area (Å²) in [5.41, 5.74) is 7.94. The first kappa shape index (κ1) is 12.7. The third-order valence-electron chi connectivity index (χ3n) is 3.21. The summed E-state index contributed by atoms with van der Waals surface area (Å²) in [6.07, 6.45) is 0.806. The van der Waals surface area contributed by atoms with E-state index in [2.05, 4.69) is 9.97 Å². The van der Waals surface area contributed by atoms with Crippen molar-refractivity contribution in [3.05, 3.63) is 53.6 Å². The van der Waals surface area contributed by atoms with Crippen molar-refractivity contribution in [3.8, 4) is 11.4 Å². The molecule has 3 nitrogen and oxygen atoms in total. The molecule has 3 rings (SSSR count). The molecule has 0 aliphatic carbocycles. The Labute approximate surface area is 114 Å². The highest BCUT2D eigenvalue weighted by Crippen LogP contribution is 2.23. The molecule has 2 aromatic carbocycles. The first-order chi connectivity index (χ1) is 9.69. The molecule has 0 spiro atoms. The van der Waals surface area contributed by atoms with Crippen molar-refractivity contribution >= 4 is 11.0 Å². The molecule has 5 heteroatoms. The largest absolute Gasteiger partial charge is 0.338 e. The van der Waals surface area contributed by atoms with Gasteiger partial charge in [-0.15, -0.1) is 0 Å². The molecule has 20 heavy (non-hydrogen) atoms. The van der Waals surface area contributed by atoms with Crippen molar-refractivity contribution in [2.45, 2.75) is 6.42 Å². The fraction of sp³-hybridized carbons (Fsp3) is 0.133. The van der Waals surface area contributed by atoms with Gasteiger partial charge in [0.15, 0.2) is 11.6 Å². The highest BCUT2D eigenvalue weighted by Gasteiger charge is 2.12. The molecule has 0 aliphatic heterocycles. The van der Waals surface area contributed by atoms with Gasteiger partial charge in [0.2, 0.25) is 0 Å². The van der Waals surface area contributed by atoms with Crippen molar-refractivity contribution in [3.63, 3.8) is 0 Å². The van der Waals surface area contributed by atoms with Crippen molar-refractivity contribution < 1.29 is 8.78 Å². The van der Waals surface area contributed by atoms with Crippen LogP contribution < -0.4 is 5.73 Å². The molecule has 0 fully saturated rings. The van der Waals surface area contributed by atoms with Gasteiger partial charge in [0.1, 0.15) is 11.3 Å². The standard InChI is InChI=1S/C15H13F2N3/c16-11-5-6-12-14(13(11)17)20-15(19-12)10-3-1-9(2-4-10)7-8-18/h1-6H,7-8,18H2,(H,19,20). The molecule has 0 saturated carbocycles. The van der Waals surface area contributed by atoms with E-state index in [-0.39, 0.29) is 5.52 Å². The number of aromatic nitrogens is 2. The zero-order chi connectivity index (χ0) is 14.1. The van der Waals surface area contributed by atoms with Crippen LogP contribution in [0.1, 0.15) is 5.56 Å². The van der Waals surface area contributed by atoms with Gasteiger partial charge in [-0.05, 0) is 30.7 Å². The summed E-state index contributed by atoms with van der Waals surface area (Å²) < 4.78 is 26.8. The number of nitrogens with zero attached hydrogens (tertiary/aromatic N) is 1. The lowest BCUT2D eigenvalue weighted by molar-refractivity contribution is 0.515. The summed E-state index contributed by atoms with van der Waals surface area (Å²) >= 11 is 0. The summed E-state index contributed by atoms with van der Waals surface area (Å²) in [5.74, 6) is -1.30. The average molecular weight is 273 g/mol. The third kappa shape index (κ3) is 2.16. The quantitative estimate of drug-likeness (QED) is 0.770. The number of benzene rings is 2. The molecule has 0 radical (unpaired) electrons. The molecular formula is C15H13F2N3. The summed E-state index contributed by atoms with van der Waals surface area (Å²) in [5, 5.41) is 0. The van der Waals surface area contributed by atoms with Crippen LogP contribution in [0.4, 0.5) is 8.78 Å². The Balaban J connectivity index is 2.03. The van der Waals surface area contributed by atoms with Crippen LogP contribution in [0.5, 0.6) is 0 Å². The van der Waals surface area contributed by atoms with E-state index < -0.39 is 11.6 Å². The van der Waals surface area contributed by atoms with Crippen LogP contribution in [0, 0.1) is 11.6 Å². The number of rotatable bonds is 3. The van der Waals surface area contributed by atoms with Crippen LogP contribution in [0.3, 0.4) is 0 Å². The molecule has 1 heterocycles. The Morgan fingerprint density at radius 2 is 1.80 bits per heavy atom. The van der Waals surface area contributed by atoms with Crippen LogP contribution >= 0.6 is 0 Å². The van der Waals surface area contributed by atoms with Crippen molar-refractivity contribution in [2.75, 3.05) is 6.54 Å². The van der Waals surface area contributed by atoms with E-state index in [1.807, 2.05) is 24.3 Å². The maximum absolute atomic E-state index is 13.6. The molecule has 0 aliphatic rings. The number of fused-ring (bicyclic) bond motifs is 1. The fourth-order valence-electron chi connectivity index (χ4n) is 2.15. The predicted octanol–water partition coefficient (Wildman–Crippen LogP) is 3.01. The van der Waals surface area contributed by atoms with E-state index in [0.717, 1.165) is 23.6 Å². The lowest BCUT2D eigenvalue weighted by Gasteiger charge is -2.00. The zero-order valence-corrected chi connectivity index (χ0v) is 10.7. The first-order valence-electron chi connectivity index (χ1n) is 6.32. The average Bonchev–Trinajstić information content (AvgIpc) is 2.89. The Bertz CT molecular complexity index is 748. The number of aromatic amines is 1. The fourth-order valence-corrected chi connectivity index (χ4v) is 2.15. The summed E-state index contributed by atoms with van der Waals surface area (Å²) in [7, 11) is 0. The molecule has 0 amide bonds. The van der Waals surface area contributed by atoms with Gasteiger partial charge >= 0.3 is 0 Å². The van der Waals surface area contributed by atoms with Gasteiger partial charge in [0, 0.05) is 5.56 Å². The molecule has 0 unspecified atom stereocenters. The number of hydrogen-bond acceptors (Lipinski definition) is 2. The molecule has 3 aromatic rings. The van der Waals surface area contributed by atoms with Gasteiger partial charge in [-0.25, -0.2) is 13.8 Å². The number of nitrogens with one attached hydrogen (secondary N) is 1. The van der Waals surface area contributed by atoms with E-state index >= 15 is 0 Å². The van der Waals surface area contributed by atoms with Gasteiger partial charge < -0.3 is 10.7 Å².